The monoisotopic (exact) mass is 390 g/mol. The van der Waals surface area contributed by atoms with E-state index in [1.165, 1.54) is 0 Å². The average Bonchev–Trinajstić information content (AvgIpc) is 3.08. The van der Waals surface area contributed by atoms with Gasteiger partial charge in [0.2, 0.25) is 0 Å². The Morgan fingerprint density at radius 2 is 1.71 bits per heavy atom. The zero-order valence-corrected chi connectivity index (χ0v) is 16.9. The van der Waals surface area contributed by atoms with Crippen LogP contribution in [-0.4, -0.2) is 28.6 Å². The molecule has 0 bridgehead atoms. The number of carbonyl (C=O) groups is 3. The zero-order chi connectivity index (χ0) is 20.8. The number of hydrogen-bond donors (Lipinski definition) is 1. The Morgan fingerprint density at radius 1 is 1.11 bits per heavy atom. The summed E-state index contributed by atoms with van der Waals surface area (Å²) in [5, 5.41) is 9.26. The van der Waals surface area contributed by atoms with Crippen molar-refractivity contribution >= 4 is 17.9 Å². The lowest BCUT2D eigenvalue weighted by molar-refractivity contribution is -0.168. The van der Waals surface area contributed by atoms with Crippen molar-refractivity contribution in [2.24, 2.45) is 11.3 Å². The molecule has 0 aliphatic heterocycles. The lowest BCUT2D eigenvalue weighted by atomic mass is 9.76. The van der Waals surface area contributed by atoms with Gasteiger partial charge in [-0.3, -0.25) is 14.4 Å². The summed E-state index contributed by atoms with van der Waals surface area (Å²) < 4.78 is 11.0. The first-order chi connectivity index (χ1) is 13.1. The fourth-order valence-corrected chi connectivity index (χ4v) is 3.73. The van der Waals surface area contributed by atoms with E-state index in [-0.39, 0.29) is 25.4 Å². The summed E-state index contributed by atoms with van der Waals surface area (Å²) in [6, 6.07) is 9.39. The van der Waals surface area contributed by atoms with Gasteiger partial charge in [0.15, 0.2) is 0 Å². The first-order valence-corrected chi connectivity index (χ1v) is 9.77. The van der Waals surface area contributed by atoms with E-state index in [4.69, 9.17) is 9.47 Å². The molecule has 0 radical (unpaired) electrons. The maximum atomic E-state index is 12.9. The maximum Gasteiger partial charge on any atom is 0.312 e. The highest BCUT2D eigenvalue weighted by Crippen LogP contribution is 2.45. The number of aliphatic carboxylic acids is 1. The van der Waals surface area contributed by atoms with Crippen LogP contribution in [0.5, 0.6) is 0 Å². The number of carboxylic acids is 1. The van der Waals surface area contributed by atoms with E-state index in [2.05, 4.69) is 0 Å². The number of hydrogen-bond acceptors (Lipinski definition) is 5. The third-order valence-electron chi connectivity index (χ3n) is 5.00. The fourth-order valence-electron chi connectivity index (χ4n) is 3.73. The number of benzene rings is 1. The minimum atomic E-state index is -1.08. The van der Waals surface area contributed by atoms with Crippen LogP contribution in [0.15, 0.2) is 30.3 Å². The quantitative estimate of drug-likeness (QED) is 0.672. The van der Waals surface area contributed by atoms with Gasteiger partial charge in [0.25, 0.3) is 0 Å². The molecule has 2 rings (SSSR count). The van der Waals surface area contributed by atoms with Gasteiger partial charge in [-0.15, -0.1) is 0 Å². The van der Waals surface area contributed by atoms with Gasteiger partial charge < -0.3 is 14.6 Å². The second kappa shape index (κ2) is 9.22. The summed E-state index contributed by atoms with van der Waals surface area (Å²) >= 11 is 0. The number of rotatable bonds is 8. The van der Waals surface area contributed by atoms with Crippen LogP contribution in [0.1, 0.15) is 64.9 Å². The van der Waals surface area contributed by atoms with Gasteiger partial charge in [-0.05, 0) is 45.6 Å². The van der Waals surface area contributed by atoms with Gasteiger partial charge in [0, 0.05) is 0 Å². The molecule has 1 fully saturated rings. The Hall–Kier alpha value is -2.37. The molecular formula is C22H30O6. The average molecular weight is 390 g/mol. The largest absolute Gasteiger partial charge is 0.481 e. The van der Waals surface area contributed by atoms with Crippen LogP contribution in [0, 0.1) is 11.3 Å². The summed E-state index contributed by atoms with van der Waals surface area (Å²) in [6.07, 6.45) is 2.69. The van der Waals surface area contributed by atoms with E-state index in [1.54, 1.807) is 20.8 Å². The molecule has 1 atom stereocenters. The Morgan fingerprint density at radius 3 is 2.25 bits per heavy atom. The van der Waals surface area contributed by atoms with Crippen LogP contribution in [0.2, 0.25) is 0 Å². The number of ether oxygens (including phenoxy) is 2. The van der Waals surface area contributed by atoms with Gasteiger partial charge >= 0.3 is 17.9 Å². The summed E-state index contributed by atoms with van der Waals surface area (Å²) in [6.45, 7) is 5.38. The second-order valence-electron chi connectivity index (χ2n) is 8.58. The number of carboxylic acid groups (broad SMARTS) is 1. The van der Waals surface area contributed by atoms with E-state index in [0.29, 0.717) is 12.8 Å². The smallest absolute Gasteiger partial charge is 0.312 e. The van der Waals surface area contributed by atoms with Gasteiger partial charge in [0.1, 0.15) is 12.2 Å². The molecule has 1 N–H and O–H groups in total. The molecule has 0 heterocycles. The van der Waals surface area contributed by atoms with Crippen LogP contribution in [-0.2, 0) is 30.5 Å². The minimum absolute atomic E-state index is 0.141. The molecule has 0 saturated heterocycles. The Balaban J connectivity index is 2.13. The first-order valence-electron chi connectivity index (χ1n) is 9.77. The normalized spacial score (nSPS) is 17.0. The van der Waals surface area contributed by atoms with Crippen LogP contribution >= 0.6 is 0 Å². The third kappa shape index (κ3) is 6.36. The van der Waals surface area contributed by atoms with E-state index in [1.807, 2.05) is 30.3 Å². The van der Waals surface area contributed by atoms with Crippen LogP contribution in [0.25, 0.3) is 0 Å². The molecule has 1 saturated carbocycles. The summed E-state index contributed by atoms with van der Waals surface area (Å²) in [5.41, 5.74) is -0.658. The summed E-state index contributed by atoms with van der Waals surface area (Å²) in [5.74, 6) is -2.88. The van der Waals surface area contributed by atoms with Crippen molar-refractivity contribution in [2.45, 2.75) is 71.5 Å². The van der Waals surface area contributed by atoms with E-state index in [9.17, 15) is 19.5 Å². The van der Waals surface area contributed by atoms with Crippen molar-refractivity contribution in [2.75, 3.05) is 0 Å². The molecule has 0 spiro atoms. The second-order valence-corrected chi connectivity index (χ2v) is 8.58. The van der Waals surface area contributed by atoms with Crippen molar-refractivity contribution in [3.8, 4) is 0 Å². The molecule has 1 aliphatic carbocycles. The lowest BCUT2D eigenvalue weighted by Gasteiger charge is -2.31. The predicted octanol–water partition coefficient (Wildman–Crippen LogP) is 4.11. The fraction of sp³-hybridized carbons (Fsp3) is 0.591. The minimum Gasteiger partial charge on any atom is -0.481 e. The van der Waals surface area contributed by atoms with Gasteiger partial charge in [-0.1, -0.05) is 43.2 Å². The maximum absolute atomic E-state index is 12.9. The Kier molecular flexibility index (Phi) is 7.22. The molecule has 1 aromatic carbocycles. The molecule has 1 aromatic rings. The van der Waals surface area contributed by atoms with Crippen LogP contribution in [0.3, 0.4) is 0 Å². The topological polar surface area (TPSA) is 89.9 Å². The first kappa shape index (κ1) is 21.9. The van der Waals surface area contributed by atoms with Crippen LogP contribution in [0.4, 0.5) is 0 Å². The molecule has 28 heavy (non-hydrogen) atoms. The number of esters is 2. The molecule has 0 amide bonds. The van der Waals surface area contributed by atoms with Gasteiger partial charge in [-0.2, -0.15) is 0 Å². The standard InChI is InChI=1S/C22H30O6/c1-21(2,3)28-19(25)17(13-18(23)24)14-22(11-7-8-12-22)20(26)27-15-16-9-5-4-6-10-16/h4-6,9-10,17H,7-8,11-15H2,1-3H3,(H,23,24). The Bertz CT molecular complexity index is 683. The molecule has 1 aliphatic rings. The summed E-state index contributed by atoms with van der Waals surface area (Å²) in [4.78, 5) is 36.9. The third-order valence-corrected chi connectivity index (χ3v) is 5.00. The molecular weight excluding hydrogens is 360 g/mol. The lowest BCUT2D eigenvalue weighted by Crippen LogP contribution is -2.37. The van der Waals surface area contributed by atoms with Gasteiger partial charge in [0.05, 0.1) is 17.8 Å². The molecule has 6 nitrogen and oxygen atoms in total. The molecule has 154 valence electrons. The molecule has 1 unspecified atom stereocenters. The van der Waals surface area contributed by atoms with E-state index < -0.39 is 28.9 Å². The Labute approximate surface area is 166 Å². The number of carbonyl (C=O) groups excluding carboxylic acids is 2. The van der Waals surface area contributed by atoms with Crippen LogP contribution < -0.4 is 0 Å². The predicted molar refractivity (Wildman–Crippen MR) is 103 cm³/mol. The van der Waals surface area contributed by atoms with Crippen molar-refractivity contribution in [1.29, 1.82) is 0 Å². The van der Waals surface area contributed by atoms with Crippen molar-refractivity contribution in [3.63, 3.8) is 0 Å². The zero-order valence-electron chi connectivity index (χ0n) is 16.9. The van der Waals surface area contributed by atoms with Crippen molar-refractivity contribution in [1.82, 2.24) is 0 Å². The molecule has 0 aromatic heterocycles. The molecule has 6 heteroatoms. The summed E-state index contributed by atoms with van der Waals surface area (Å²) in [7, 11) is 0. The highest BCUT2D eigenvalue weighted by Gasteiger charge is 2.46. The SMILES string of the molecule is CC(C)(C)OC(=O)C(CC(=O)O)CC1(C(=O)OCc2ccccc2)CCCC1. The van der Waals surface area contributed by atoms with Gasteiger partial charge in [-0.25, -0.2) is 0 Å². The van der Waals surface area contributed by atoms with E-state index >= 15 is 0 Å². The highest BCUT2D eigenvalue weighted by atomic mass is 16.6. The van der Waals surface area contributed by atoms with E-state index in [0.717, 1.165) is 18.4 Å². The highest BCUT2D eigenvalue weighted by molar-refractivity contribution is 5.82. The van der Waals surface area contributed by atoms with Crippen molar-refractivity contribution in [3.05, 3.63) is 35.9 Å². The van der Waals surface area contributed by atoms with Crippen molar-refractivity contribution < 1.29 is 29.0 Å².